The van der Waals surface area contributed by atoms with Gasteiger partial charge in [0.2, 0.25) is 0 Å². The highest BCUT2D eigenvalue weighted by molar-refractivity contribution is 6.28. The van der Waals surface area contributed by atoms with E-state index in [1.54, 1.807) is 0 Å². The van der Waals surface area contributed by atoms with Gasteiger partial charge in [0.25, 0.3) is 0 Å². The topological polar surface area (TPSA) is 0 Å². The van der Waals surface area contributed by atoms with Gasteiger partial charge in [0.1, 0.15) is 0 Å². The fourth-order valence-electron chi connectivity index (χ4n) is 5.72. The van der Waals surface area contributed by atoms with Crippen LogP contribution in [0.25, 0.3) is 65.7 Å². The molecular formula is C36H24. The van der Waals surface area contributed by atoms with Crippen LogP contribution in [-0.4, -0.2) is 0 Å². The first-order chi connectivity index (χ1) is 17.9. The van der Waals surface area contributed by atoms with Gasteiger partial charge in [0.05, 0.1) is 0 Å². The van der Waals surface area contributed by atoms with E-state index in [1.165, 1.54) is 65.7 Å². The Balaban J connectivity index is 1.58. The van der Waals surface area contributed by atoms with E-state index in [-0.39, 0.29) is 0 Å². The average molecular weight is 457 g/mol. The Morgan fingerprint density at radius 3 is 1.19 bits per heavy atom. The van der Waals surface area contributed by atoms with Crippen molar-refractivity contribution < 1.29 is 0 Å². The Morgan fingerprint density at radius 1 is 0.222 bits per heavy atom. The highest BCUT2D eigenvalue weighted by atomic mass is 14.2. The quantitative estimate of drug-likeness (QED) is 0.232. The summed E-state index contributed by atoms with van der Waals surface area (Å²) >= 11 is 0. The molecule has 0 saturated carbocycles. The molecule has 0 heteroatoms. The minimum Gasteiger partial charge on any atom is -0.0622 e. The third kappa shape index (κ3) is 3.23. The minimum atomic E-state index is 1.23. The summed E-state index contributed by atoms with van der Waals surface area (Å²) in [5.74, 6) is 0. The molecular weight excluding hydrogens is 432 g/mol. The molecule has 0 aromatic heterocycles. The third-order valence-corrected chi connectivity index (χ3v) is 7.29. The predicted molar refractivity (Wildman–Crippen MR) is 155 cm³/mol. The third-order valence-electron chi connectivity index (χ3n) is 7.29. The van der Waals surface area contributed by atoms with Crippen LogP contribution in [0.4, 0.5) is 0 Å². The van der Waals surface area contributed by atoms with Crippen molar-refractivity contribution in [3.63, 3.8) is 0 Å². The van der Waals surface area contributed by atoms with Crippen LogP contribution in [-0.2, 0) is 0 Å². The molecule has 0 fully saturated rings. The zero-order valence-corrected chi connectivity index (χ0v) is 19.9. The van der Waals surface area contributed by atoms with E-state index in [0.717, 1.165) is 0 Å². The summed E-state index contributed by atoms with van der Waals surface area (Å²) in [6, 6.07) is 52.7. The highest BCUT2D eigenvalue weighted by Crippen LogP contribution is 2.44. The smallest absolute Gasteiger partial charge is 0.00201 e. The Kier molecular flexibility index (Phi) is 4.89. The van der Waals surface area contributed by atoms with Gasteiger partial charge in [-0.25, -0.2) is 0 Å². The number of hydrogen-bond acceptors (Lipinski definition) is 0. The van der Waals surface area contributed by atoms with Crippen molar-refractivity contribution in [3.8, 4) is 33.4 Å². The van der Waals surface area contributed by atoms with E-state index in [4.69, 9.17) is 0 Å². The van der Waals surface area contributed by atoms with Gasteiger partial charge in [0, 0.05) is 0 Å². The summed E-state index contributed by atoms with van der Waals surface area (Å²) in [6.07, 6.45) is 0. The van der Waals surface area contributed by atoms with Crippen LogP contribution < -0.4 is 0 Å². The fourth-order valence-corrected chi connectivity index (χ4v) is 5.72. The SMILES string of the molecule is c1ccc(-c2ccccc2-c2ccccc2-c2cccc3c4ccccc4c4ccccc4c23)cc1. The Labute approximate surface area is 211 Å². The van der Waals surface area contributed by atoms with Crippen molar-refractivity contribution >= 4 is 32.3 Å². The van der Waals surface area contributed by atoms with Crippen LogP contribution in [0.3, 0.4) is 0 Å². The van der Waals surface area contributed by atoms with E-state index in [9.17, 15) is 0 Å². The lowest BCUT2D eigenvalue weighted by Gasteiger charge is -2.18. The molecule has 0 aliphatic carbocycles. The predicted octanol–water partition coefficient (Wildman–Crippen LogP) is 10.1. The molecule has 168 valence electrons. The normalized spacial score (nSPS) is 11.3. The molecule has 0 amide bonds. The molecule has 0 heterocycles. The first kappa shape index (κ1) is 20.7. The van der Waals surface area contributed by atoms with Crippen LogP contribution in [0, 0.1) is 0 Å². The van der Waals surface area contributed by atoms with Gasteiger partial charge in [-0.15, -0.1) is 0 Å². The van der Waals surface area contributed by atoms with E-state index < -0.39 is 0 Å². The molecule has 0 unspecified atom stereocenters. The molecule has 0 radical (unpaired) electrons. The van der Waals surface area contributed by atoms with Gasteiger partial charge in [-0.1, -0.05) is 146 Å². The van der Waals surface area contributed by atoms with Gasteiger partial charge in [0.15, 0.2) is 0 Å². The second-order valence-electron chi connectivity index (χ2n) is 9.28. The van der Waals surface area contributed by atoms with Crippen molar-refractivity contribution in [2.75, 3.05) is 0 Å². The molecule has 7 aromatic carbocycles. The highest BCUT2D eigenvalue weighted by Gasteiger charge is 2.16. The van der Waals surface area contributed by atoms with Gasteiger partial charge in [-0.05, 0) is 65.7 Å². The number of fused-ring (bicyclic) bond motifs is 6. The van der Waals surface area contributed by atoms with Gasteiger partial charge >= 0.3 is 0 Å². The Hall–Kier alpha value is -4.68. The molecule has 0 bridgehead atoms. The Bertz CT molecular complexity index is 1830. The molecule has 36 heavy (non-hydrogen) atoms. The molecule has 0 saturated heterocycles. The van der Waals surface area contributed by atoms with Crippen molar-refractivity contribution in [1.82, 2.24) is 0 Å². The molecule has 0 aliphatic heterocycles. The van der Waals surface area contributed by atoms with Gasteiger partial charge < -0.3 is 0 Å². The van der Waals surface area contributed by atoms with Gasteiger partial charge in [-0.2, -0.15) is 0 Å². The fraction of sp³-hybridized carbons (Fsp3) is 0. The summed E-state index contributed by atoms with van der Waals surface area (Å²) < 4.78 is 0. The maximum absolute atomic E-state index is 2.29. The van der Waals surface area contributed by atoms with Crippen LogP contribution in [0.15, 0.2) is 146 Å². The van der Waals surface area contributed by atoms with E-state index in [0.29, 0.717) is 0 Å². The largest absolute Gasteiger partial charge is 0.0622 e. The van der Waals surface area contributed by atoms with Crippen LogP contribution in [0.5, 0.6) is 0 Å². The van der Waals surface area contributed by atoms with Crippen molar-refractivity contribution in [1.29, 1.82) is 0 Å². The summed E-state index contributed by atoms with van der Waals surface area (Å²) in [6.45, 7) is 0. The first-order valence-electron chi connectivity index (χ1n) is 12.5. The number of rotatable bonds is 3. The summed E-state index contributed by atoms with van der Waals surface area (Å²) in [4.78, 5) is 0. The molecule has 7 aromatic rings. The van der Waals surface area contributed by atoms with E-state index in [1.807, 2.05) is 0 Å². The summed E-state index contributed by atoms with van der Waals surface area (Å²) in [5, 5.41) is 7.82. The standard InChI is InChI=1S/C36H24/c1-2-13-25(14-3-1)26-15-4-5-16-27(26)28-17-6-8-19-30(28)34-23-12-24-35-32-20-9-7-18-29(32)31-21-10-11-22-33(31)36(34)35/h1-24H. The van der Waals surface area contributed by atoms with Gasteiger partial charge in [-0.3, -0.25) is 0 Å². The zero-order valence-electron chi connectivity index (χ0n) is 19.9. The van der Waals surface area contributed by atoms with Crippen molar-refractivity contribution in [3.05, 3.63) is 146 Å². The van der Waals surface area contributed by atoms with Crippen LogP contribution in [0.1, 0.15) is 0 Å². The molecule has 0 N–H and O–H groups in total. The molecule has 7 rings (SSSR count). The second kappa shape index (κ2) is 8.52. The molecule has 0 aliphatic rings. The number of benzene rings is 7. The lowest BCUT2D eigenvalue weighted by Crippen LogP contribution is -1.91. The maximum atomic E-state index is 2.29. The minimum absolute atomic E-state index is 1.23. The zero-order chi connectivity index (χ0) is 23.9. The second-order valence-corrected chi connectivity index (χ2v) is 9.28. The summed E-state index contributed by atoms with van der Waals surface area (Å²) in [5.41, 5.74) is 7.52. The summed E-state index contributed by atoms with van der Waals surface area (Å²) in [7, 11) is 0. The average Bonchev–Trinajstić information content (AvgIpc) is 2.97. The number of hydrogen-bond donors (Lipinski definition) is 0. The van der Waals surface area contributed by atoms with Crippen LogP contribution in [0.2, 0.25) is 0 Å². The van der Waals surface area contributed by atoms with Crippen molar-refractivity contribution in [2.45, 2.75) is 0 Å². The first-order valence-corrected chi connectivity index (χ1v) is 12.5. The molecule has 0 nitrogen and oxygen atoms in total. The lowest BCUT2D eigenvalue weighted by atomic mass is 9.85. The maximum Gasteiger partial charge on any atom is -0.00201 e. The monoisotopic (exact) mass is 456 g/mol. The Morgan fingerprint density at radius 2 is 0.583 bits per heavy atom. The molecule has 0 atom stereocenters. The van der Waals surface area contributed by atoms with E-state index >= 15 is 0 Å². The lowest BCUT2D eigenvalue weighted by molar-refractivity contribution is 1.57. The van der Waals surface area contributed by atoms with Crippen LogP contribution >= 0.6 is 0 Å². The molecule has 0 spiro atoms. The van der Waals surface area contributed by atoms with Crippen molar-refractivity contribution in [2.24, 2.45) is 0 Å². The van der Waals surface area contributed by atoms with E-state index in [2.05, 4.69) is 146 Å².